The van der Waals surface area contributed by atoms with E-state index in [9.17, 15) is 4.79 Å². The zero-order valence-corrected chi connectivity index (χ0v) is 13.1. The number of nitrogens with zero attached hydrogens (tertiary/aromatic N) is 3. The molecule has 1 aliphatic heterocycles. The summed E-state index contributed by atoms with van der Waals surface area (Å²) in [5.41, 5.74) is 1.94. The Morgan fingerprint density at radius 2 is 1.86 bits per heavy atom. The molecule has 1 fully saturated rings. The lowest BCUT2D eigenvalue weighted by molar-refractivity contribution is -0.140. The fraction of sp³-hybridized carbons (Fsp3) is 0.529. The average molecular weight is 301 g/mol. The van der Waals surface area contributed by atoms with E-state index in [4.69, 9.17) is 10.00 Å². The summed E-state index contributed by atoms with van der Waals surface area (Å²) in [6.07, 6.45) is 1.57. The molecule has 5 heteroatoms. The fourth-order valence-electron chi connectivity index (χ4n) is 2.70. The zero-order chi connectivity index (χ0) is 15.8. The molecule has 0 amide bonds. The van der Waals surface area contributed by atoms with Crippen LogP contribution in [0.15, 0.2) is 24.3 Å². The van der Waals surface area contributed by atoms with Crippen LogP contribution in [0.25, 0.3) is 0 Å². The van der Waals surface area contributed by atoms with Crippen molar-refractivity contribution in [3.8, 4) is 6.07 Å². The lowest BCUT2D eigenvalue weighted by atomic mass is 10.1. The molecule has 22 heavy (non-hydrogen) atoms. The van der Waals surface area contributed by atoms with Crippen LogP contribution in [-0.2, 0) is 16.1 Å². The van der Waals surface area contributed by atoms with Crippen molar-refractivity contribution in [2.45, 2.75) is 19.4 Å². The number of hydrogen-bond donors (Lipinski definition) is 0. The predicted octanol–water partition coefficient (Wildman–Crippen LogP) is 1.63. The molecule has 0 saturated carbocycles. The van der Waals surface area contributed by atoms with Crippen LogP contribution in [0.1, 0.15) is 24.0 Å². The van der Waals surface area contributed by atoms with Gasteiger partial charge in [-0.25, -0.2) is 0 Å². The molecule has 0 aliphatic carbocycles. The molecule has 5 nitrogen and oxygen atoms in total. The van der Waals surface area contributed by atoms with Crippen LogP contribution in [0.4, 0.5) is 0 Å². The highest BCUT2D eigenvalue weighted by Crippen LogP contribution is 2.10. The van der Waals surface area contributed by atoms with Crippen molar-refractivity contribution in [1.29, 1.82) is 5.26 Å². The second-order valence-corrected chi connectivity index (χ2v) is 5.61. The number of esters is 1. The molecule has 1 saturated heterocycles. The van der Waals surface area contributed by atoms with Crippen LogP contribution in [0.5, 0.6) is 0 Å². The molecule has 0 atom stereocenters. The molecule has 0 bridgehead atoms. The molecular weight excluding hydrogens is 278 g/mol. The van der Waals surface area contributed by atoms with Gasteiger partial charge in [0.1, 0.15) is 0 Å². The molecule has 118 valence electrons. The van der Waals surface area contributed by atoms with E-state index in [0.29, 0.717) is 12.0 Å². The molecular formula is C17H23N3O2. The van der Waals surface area contributed by atoms with Crippen molar-refractivity contribution in [3.05, 3.63) is 35.4 Å². The summed E-state index contributed by atoms with van der Waals surface area (Å²) in [4.78, 5) is 16.0. The topological polar surface area (TPSA) is 56.6 Å². The normalized spacial score (nSPS) is 16.7. The minimum absolute atomic E-state index is 0.140. The Kier molecular flexibility index (Phi) is 6.38. The molecule has 0 spiro atoms. The van der Waals surface area contributed by atoms with E-state index in [2.05, 4.69) is 15.9 Å². The monoisotopic (exact) mass is 301 g/mol. The molecule has 1 heterocycles. The highest BCUT2D eigenvalue weighted by atomic mass is 16.5. The Balaban J connectivity index is 1.79. The number of benzene rings is 1. The van der Waals surface area contributed by atoms with Crippen LogP contribution < -0.4 is 0 Å². The highest BCUT2D eigenvalue weighted by molar-refractivity contribution is 5.69. The first-order chi connectivity index (χ1) is 10.7. The minimum atomic E-state index is -0.140. The summed E-state index contributed by atoms with van der Waals surface area (Å²) in [5, 5.41) is 8.82. The molecule has 1 aromatic rings. The Morgan fingerprint density at radius 1 is 1.18 bits per heavy atom. The van der Waals surface area contributed by atoms with Crippen molar-refractivity contribution < 1.29 is 9.53 Å². The van der Waals surface area contributed by atoms with E-state index < -0.39 is 0 Å². The summed E-state index contributed by atoms with van der Waals surface area (Å²) >= 11 is 0. The SMILES string of the molecule is COC(=O)CCN1CCCN(Cc2ccc(C#N)cc2)CC1. The van der Waals surface area contributed by atoms with Crippen LogP contribution in [0, 0.1) is 11.3 Å². The number of ether oxygens (including phenoxy) is 1. The van der Waals surface area contributed by atoms with Gasteiger partial charge in [-0.2, -0.15) is 5.26 Å². The van der Waals surface area contributed by atoms with Gasteiger partial charge in [-0.15, -0.1) is 0 Å². The Bertz CT molecular complexity index is 522. The van der Waals surface area contributed by atoms with Gasteiger partial charge in [-0.3, -0.25) is 9.69 Å². The third kappa shape index (κ3) is 5.14. The van der Waals surface area contributed by atoms with E-state index in [-0.39, 0.29) is 5.97 Å². The highest BCUT2D eigenvalue weighted by Gasteiger charge is 2.15. The van der Waals surface area contributed by atoms with Gasteiger partial charge in [0.05, 0.1) is 25.2 Å². The first-order valence-electron chi connectivity index (χ1n) is 7.72. The number of rotatable bonds is 5. The minimum Gasteiger partial charge on any atom is -0.469 e. The maximum Gasteiger partial charge on any atom is 0.306 e. The van der Waals surface area contributed by atoms with E-state index in [1.807, 2.05) is 24.3 Å². The third-order valence-electron chi connectivity index (χ3n) is 4.03. The number of carbonyl (C=O) groups is 1. The van der Waals surface area contributed by atoms with Crippen LogP contribution >= 0.6 is 0 Å². The fourth-order valence-corrected chi connectivity index (χ4v) is 2.70. The van der Waals surface area contributed by atoms with Crippen LogP contribution in [0.2, 0.25) is 0 Å². The molecule has 0 radical (unpaired) electrons. The molecule has 1 aromatic carbocycles. The lowest BCUT2D eigenvalue weighted by Crippen LogP contribution is -2.32. The van der Waals surface area contributed by atoms with Crippen molar-refractivity contribution >= 4 is 5.97 Å². The second-order valence-electron chi connectivity index (χ2n) is 5.61. The largest absolute Gasteiger partial charge is 0.469 e. The maximum atomic E-state index is 11.2. The van der Waals surface area contributed by atoms with Gasteiger partial charge in [0, 0.05) is 26.2 Å². The zero-order valence-electron chi connectivity index (χ0n) is 13.1. The summed E-state index contributed by atoms with van der Waals surface area (Å²) in [7, 11) is 1.43. The summed E-state index contributed by atoms with van der Waals surface area (Å²) in [6.45, 7) is 5.76. The molecule has 0 N–H and O–H groups in total. The quantitative estimate of drug-likeness (QED) is 0.774. The lowest BCUT2D eigenvalue weighted by Gasteiger charge is -2.21. The standard InChI is InChI=1S/C17H23N3O2/c1-22-17(21)7-10-19-8-2-9-20(12-11-19)14-16-5-3-15(13-18)4-6-16/h3-6H,2,7-12,14H2,1H3. The van der Waals surface area contributed by atoms with Crippen molar-refractivity contribution in [3.63, 3.8) is 0 Å². The van der Waals surface area contributed by atoms with Gasteiger partial charge < -0.3 is 9.64 Å². The van der Waals surface area contributed by atoms with E-state index in [0.717, 1.165) is 45.7 Å². The maximum absolute atomic E-state index is 11.2. The number of nitriles is 1. The van der Waals surface area contributed by atoms with Gasteiger partial charge in [0.15, 0.2) is 0 Å². The number of methoxy groups -OCH3 is 1. The first kappa shape index (κ1) is 16.5. The van der Waals surface area contributed by atoms with Gasteiger partial charge in [-0.1, -0.05) is 12.1 Å². The van der Waals surface area contributed by atoms with Gasteiger partial charge >= 0.3 is 5.97 Å². The van der Waals surface area contributed by atoms with Crippen molar-refractivity contribution in [2.75, 3.05) is 39.8 Å². The molecule has 0 unspecified atom stereocenters. The van der Waals surface area contributed by atoms with Gasteiger partial charge in [0.2, 0.25) is 0 Å². The van der Waals surface area contributed by atoms with Crippen LogP contribution in [-0.4, -0.2) is 55.6 Å². The first-order valence-corrected chi connectivity index (χ1v) is 7.72. The molecule has 2 rings (SSSR count). The van der Waals surface area contributed by atoms with E-state index in [1.54, 1.807) is 0 Å². The Labute approximate surface area is 132 Å². The van der Waals surface area contributed by atoms with Gasteiger partial charge in [0.25, 0.3) is 0 Å². The average Bonchev–Trinajstić information content (AvgIpc) is 2.78. The van der Waals surface area contributed by atoms with E-state index >= 15 is 0 Å². The molecule has 0 aromatic heterocycles. The Morgan fingerprint density at radius 3 is 2.55 bits per heavy atom. The van der Waals surface area contributed by atoms with E-state index in [1.165, 1.54) is 12.7 Å². The predicted molar refractivity (Wildman–Crippen MR) is 84.1 cm³/mol. The van der Waals surface area contributed by atoms with Crippen molar-refractivity contribution in [2.24, 2.45) is 0 Å². The smallest absolute Gasteiger partial charge is 0.306 e. The summed E-state index contributed by atoms with van der Waals surface area (Å²) in [5.74, 6) is -0.140. The van der Waals surface area contributed by atoms with Crippen LogP contribution in [0.3, 0.4) is 0 Å². The number of carbonyl (C=O) groups excluding carboxylic acids is 1. The molecule has 1 aliphatic rings. The third-order valence-corrected chi connectivity index (χ3v) is 4.03. The van der Waals surface area contributed by atoms with Crippen molar-refractivity contribution in [1.82, 2.24) is 9.80 Å². The summed E-state index contributed by atoms with van der Waals surface area (Å²) < 4.78 is 4.69. The summed E-state index contributed by atoms with van der Waals surface area (Å²) in [6, 6.07) is 9.94. The Hall–Kier alpha value is -1.90. The number of hydrogen-bond acceptors (Lipinski definition) is 5. The van der Waals surface area contributed by atoms with Gasteiger partial charge in [-0.05, 0) is 37.2 Å². The second kappa shape index (κ2) is 8.52.